The van der Waals surface area contributed by atoms with E-state index in [9.17, 15) is 9.59 Å². The molecule has 0 saturated heterocycles. The summed E-state index contributed by atoms with van der Waals surface area (Å²) in [4.78, 5) is 24.4. The second-order valence-corrected chi connectivity index (χ2v) is 6.41. The molecule has 1 aliphatic heterocycles. The summed E-state index contributed by atoms with van der Waals surface area (Å²) < 4.78 is 16.9. The van der Waals surface area contributed by atoms with Crippen LogP contribution < -0.4 is 25.1 Å². The SMILES string of the molecule is COc1ccc(-c2ccc(=O)n(CC(=O)NCc3ccc4c(c3)OCO4)n2)cc1. The van der Waals surface area contributed by atoms with Crippen molar-refractivity contribution in [2.45, 2.75) is 13.1 Å². The Morgan fingerprint density at radius 2 is 1.90 bits per heavy atom. The number of rotatable bonds is 6. The van der Waals surface area contributed by atoms with E-state index in [0.29, 0.717) is 23.7 Å². The van der Waals surface area contributed by atoms with Crippen LogP contribution in [0.5, 0.6) is 17.2 Å². The molecule has 1 aromatic heterocycles. The van der Waals surface area contributed by atoms with Gasteiger partial charge in [-0.05, 0) is 48.0 Å². The van der Waals surface area contributed by atoms with E-state index in [0.717, 1.165) is 21.6 Å². The van der Waals surface area contributed by atoms with Gasteiger partial charge in [-0.2, -0.15) is 5.10 Å². The van der Waals surface area contributed by atoms with Crippen molar-refractivity contribution in [3.63, 3.8) is 0 Å². The van der Waals surface area contributed by atoms with Gasteiger partial charge in [0.15, 0.2) is 11.5 Å². The second-order valence-electron chi connectivity index (χ2n) is 6.41. The van der Waals surface area contributed by atoms with E-state index < -0.39 is 0 Å². The predicted octanol–water partition coefficient (Wildman–Crippen LogP) is 1.96. The molecule has 0 fully saturated rings. The third-order valence-electron chi connectivity index (χ3n) is 4.47. The first-order valence-corrected chi connectivity index (χ1v) is 9.00. The maximum Gasteiger partial charge on any atom is 0.267 e. The molecule has 2 heterocycles. The number of hydrogen-bond donors (Lipinski definition) is 1. The molecule has 1 N–H and O–H groups in total. The van der Waals surface area contributed by atoms with Gasteiger partial charge in [0.2, 0.25) is 12.7 Å². The highest BCUT2D eigenvalue weighted by atomic mass is 16.7. The van der Waals surface area contributed by atoms with Crippen LogP contribution >= 0.6 is 0 Å². The number of carbonyl (C=O) groups excluding carboxylic acids is 1. The summed E-state index contributed by atoms with van der Waals surface area (Å²) in [6.45, 7) is 0.333. The number of methoxy groups -OCH3 is 1. The quantitative estimate of drug-likeness (QED) is 0.688. The lowest BCUT2D eigenvalue weighted by Gasteiger charge is -2.09. The van der Waals surface area contributed by atoms with E-state index in [4.69, 9.17) is 14.2 Å². The first kappa shape index (κ1) is 18.5. The lowest BCUT2D eigenvalue weighted by atomic mass is 10.1. The van der Waals surface area contributed by atoms with Crippen molar-refractivity contribution < 1.29 is 19.0 Å². The van der Waals surface area contributed by atoms with Gasteiger partial charge in [-0.15, -0.1) is 0 Å². The van der Waals surface area contributed by atoms with Crippen molar-refractivity contribution in [3.05, 3.63) is 70.5 Å². The molecule has 0 aliphatic carbocycles. The number of amides is 1. The molecular weight excluding hydrogens is 374 g/mol. The van der Waals surface area contributed by atoms with Crippen LogP contribution in [0.15, 0.2) is 59.4 Å². The van der Waals surface area contributed by atoms with Crippen LogP contribution in [0.4, 0.5) is 0 Å². The topological polar surface area (TPSA) is 91.7 Å². The Kier molecular flexibility index (Phi) is 5.15. The molecule has 0 atom stereocenters. The first-order chi connectivity index (χ1) is 14.1. The minimum Gasteiger partial charge on any atom is -0.497 e. The average molecular weight is 393 g/mol. The largest absolute Gasteiger partial charge is 0.497 e. The molecule has 0 saturated carbocycles. The number of aromatic nitrogens is 2. The maximum absolute atomic E-state index is 12.3. The standard InChI is InChI=1S/C21H19N3O5/c1-27-16-5-3-15(4-6-16)17-7-9-21(26)24(23-17)12-20(25)22-11-14-2-8-18-19(10-14)29-13-28-18/h2-10H,11-13H2,1H3,(H,22,25). The van der Waals surface area contributed by atoms with Crippen LogP contribution in [0.25, 0.3) is 11.3 Å². The lowest BCUT2D eigenvalue weighted by molar-refractivity contribution is -0.122. The Hall–Kier alpha value is -3.81. The molecule has 3 aromatic rings. The van der Waals surface area contributed by atoms with Gasteiger partial charge >= 0.3 is 0 Å². The molecule has 8 heteroatoms. The average Bonchev–Trinajstić information content (AvgIpc) is 3.22. The van der Waals surface area contributed by atoms with Crippen molar-refractivity contribution >= 4 is 5.91 Å². The van der Waals surface area contributed by atoms with E-state index in [1.165, 1.54) is 6.07 Å². The first-order valence-electron chi connectivity index (χ1n) is 9.00. The van der Waals surface area contributed by atoms with Crippen molar-refractivity contribution in [1.29, 1.82) is 0 Å². The highest BCUT2D eigenvalue weighted by Crippen LogP contribution is 2.32. The van der Waals surface area contributed by atoms with Crippen LogP contribution in [0, 0.1) is 0 Å². The van der Waals surface area contributed by atoms with Crippen LogP contribution in [-0.4, -0.2) is 29.6 Å². The van der Waals surface area contributed by atoms with E-state index in [1.807, 2.05) is 36.4 Å². The Bertz CT molecular complexity index is 1090. The van der Waals surface area contributed by atoms with Crippen LogP contribution in [0.1, 0.15) is 5.56 Å². The normalized spacial score (nSPS) is 11.9. The Morgan fingerprint density at radius 3 is 2.69 bits per heavy atom. The Labute approximate surface area is 166 Å². The summed E-state index contributed by atoms with van der Waals surface area (Å²) in [6, 6.07) is 15.8. The van der Waals surface area contributed by atoms with Gasteiger partial charge in [-0.3, -0.25) is 9.59 Å². The maximum atomic E-state index is 12.3. The Morgan fingerprint density at radius 1 is 1.10 bits per heavy atom. The molecule has 1 aliphatic rings. The predicted molar refractivity (Wildman–Crippen MR) is 105 cm³/mol. The van der Waals surface area contributed by atoms with Crippen molar-refractivity contribution in [2.24, 2.45) is 0 Å². The molecule has 0 bridgehead atoms. The third-order valence-corrected chi connectivity index (χ3v) is 4.47. The number of hydrogen-bond acceptors (Lipinski definition) is 6. The van der Waals surface area contributed by atoms with E-state index >= 15 is 0 Å². The van der Waals surface area contributed by atoms with Gasteiger partial charge in [0.25, 0.3) is 5.56 Å². The molecule has 1 amide bonds. The van der Waals surface area contributed by atoms with Gasteiger partial charge in [0, 0.05) is 18.2 Å². The fourth-order valence-electron chi connectivity index (χ4n) is 2.92. The highest BCUT2D eigenvalue weighted by molar-refractivity contribution is 5.75. The fourth-order valence-corrected chi connectivity index (χ4v) is 2.92. The monoisotopic (exact) mass is 393 g/mol. The summed E-state index contributed by atoms with van der Waals surface area (Å²) in [5, 5.41) is 7.09. The fraction of sp³-hybridized carbons (Fsp3) is 0.190. The zero-order chi connectivity index (χ0) is 20.2. The van der Waals surface area contributed by atoms with Crippen LogP contribution in [0.3, 0.4) is 0 Å². The molecule has 0 unspecified atom stereocenters. The number of benzene rings is 2. The van der Waals surface area contributed by atoms with Gasteiger partial charge in [0.1, 0.15) is 12.3 Å². The zero-order valence-electron chi connectivity index (χ0n) is 15.8. The van der Waals surface area contributed by atoms with E-state index in [1.54, 1.807) is 19.2 Å². The van der Waals surface area contributed by atoms with Crippen LogP contribution in [0.2, 0.25) is 0 Å². The summed E-state index contributed by atoms with van der Waals surface area (Å²) in [6.07, 6.45) is 0. The number of ether oxygens (including phenoxy) is 3. The van der Waals surface area contributed by atoms with E-state index in [2.05, 4.69) is 10.4 Å². The molecule has 0 radical (unpaired) electrons. The summed E-state index contributed by atoms with van der Waals surface area (Å²) in [5.74, 6) is 1.75. The molecular formula is C21H19N3O5. The van der Waals surface area contributed by atoms with E-state index in [-0.39, 0.29) is 24.8 Å². The van der Waals surface area contributed by atoms with Crippen molar-refractivity contribution in [2.75, 3.05) is 13.9 Å². The molecule has 4 rings (SSSR count). The van der Waals surface area contributed by atoms with Gasteiger partial charge < -0.3 is 19.5 Å². The number of fused-ring (bicyclic) bond motifs is 1. The number of nitrogens with one attached hydrogen (secondary N) is 1. The Balaban J connectivity index is 1.42. The molecule has 2 aromatic carbocycles. The summed E-state index contributed by atoms with van der Waals surface area (Å²) in [5.41, 5.74) is 1.94. The molecule has 8 nitrogen and oxygen atoms in total. The van der Waals surface area contributed by atoms with Crippen molar-refractivity contribution in [1.82, 2.24) is 15.1 Å². The minimum atomic E-state index is -0.347. The molecule has 29 heavy (non-hydrogen) atoms. The smallest absolute Gasteiger partial charge is 0.267 e. The van der Waals surface area contributed by atoms with Crippen LogP contribution in [-0.2, 0) is 17.9 Å². The van der Waals surface area contributed by atoms with Gasteiger partial charge in [-0.25, -0.2) is 4.68 Å². The highest BCUT2D eigenvalue weighted by Gasteiger charge is 2.14. The number of carbonyl (C=O) groups is 1. The summed E-state index contributed by atoms with van der Waals surface area (Å²) >= 11 is 0. The zero-order valence-corrected chi connectivity index (χ0v) is 15.8. The molecule has 0 spiro atoms. The lowest BCUT2D eigenvalue weighted by Crippen LogP contribution is -2.33. The summed E-state index contributed by atoms with van der Waals surface area (Å²) in [7, 11) is 1.59. The van der Waals surface area contributed by atoms with Gasteiger partial charge in [-0.1, -0.05) is 6.07 Å². The van der Waals surface area contributed by atoms with Crippen molar-refractivity contribution in [3.8, 4) is 28.5 Å². The molecule has 148 valence electrons. The van der Waals surface area contributed by atoms with Gasteiger partial charge in [0.05, 0.1) is 12.8 Å². The second kappa shape index (κ2) is 8.05. The minimum absolute atomic E-state index is 0.173. The third kappa shape index (κ3) is 4.21. The number of nitrogens with zero attached hydrogens (tertiary/aromatic N) is 2.